The number of thiophene rings is 1. The molecule has 1 aromatic carbocycles. The first kappa shape index (κ1) is 17.7. The Morgan fingerprint density at radius 3 is 2.16 bits per heavy atom. The maximum Gasteiger partial charge on any atom is 0.263 e. The van der Waals surface area contributed by atoms with E-state index in [-0.39, 0.29) is 4.90 Å². The molecule has 0 aliphatic rings. The van der Waals surface area contributed by atoms with Gasteiger partial charge in [0.1, 0.15) is 4.90 Å². The summed E-state index contributed by atoms with van der Waals surface area (Å²) < 4.78 is 34.2. The summed E-state index contributed by atoms with van der Waals surface area (Å²) in [6, 6.07) is 7.39. The van der Waals surface area contributed by atoms with Crippen LogP contribution in [-0.2, 0) is 10.0 Å². The number of sulfonamides is 1. The SMILES string of the molecule is Cc1cc(C)cc(NS(=O)(=O)c2c(C)sc(C)c2-c2cc(C)no2)c1. The fourth-order valence-corrected chi connectivity index (χ4v) is 5.90. The Labute approximate surface area is 151 Å². The van der Waals surface area contributed by atoms with Crippen molar-refractivity contribution in [2.45, 2.75) is 39.5 Å². The Hall–Kier alpha value is -2.12. The van der Waals surface area contributed by atoms with Crippen molar-refractivity contribution in [1.82, 2.24) is 5.16 Å². The Kier molecular flexibility index (Phi) is 4.47. The van der Waals surface area contributed by atoms with Crippen molar-refractivity contribution in [3.05, 3.63) is 50.8 Å². The topological polar surface area (TPSA) is 72.2 Å². The number of aromatic nitrogens is 1. The van der Waals surface area contributed by atoms with Crippen molar-refractivity contribution in [3.63, 3.8) is 0 Å². The summed E-state index contributed by atoms with van der Waals surface area (Å²) >= 11 is 1.44. The van der Waals surface area contributed by atoms with E-state index in [9.17, 15) is 8.42 Å². The van der Waals surface area contributed by atoms with Crippen LogP contribution in [0, 0.1) is 34.6 Å². The average Bonchev–Trinajstić information content (AvgIpc) is 3.00. The summed E-state index contributed by atoms with van der Waals surface area (Å²) in [5, 5.41) is 3.89. The zero-order valence-corrected chi connectivity index (χ0v) is 16.4. The molecule has 0 spiro atoms. The number of nitrogens with zero attached hydrogens (tertiary/aromatic N) is 1. The summed E-state index contributed by atoms with van der Waals surface area (Å²) in [4.78, 5) is 1.86. The van der Waals surface area contributed by atoms with E-state index in [1.165, 1.54) is 11.3 Å². The molecule has 0 unspecified atom stereocenters. The van der Waals surface area contributed by atoms with Crippen LogP contribution in [0.1, 0.15) is 26.6 Å². The Balaban J connectivity index is 2.11. The van der Waals surface area contributed by atoms with Crippen LogP contribution in [0.5, 0.6) is 0 Å². The van der Waals surface area contributed by atoms with Gasteiger partial charge in [0.15, 0.2) is 5.76 Å². The van der Waals surface area contributed by atoms with Crippen LogP contribution >= 0.6 is 11.3 Å². The number of benzene rings is 1. The van der Waals surface area contributed by atoms with E-state index >= 15 is 0 Å². The summed E-state index contributed by atoms with van der Waals surface area (Å²) in [5.74, 6) is 0.472. The molecule has 0 fully saturated rings. The molecule has 3 rings (SSSR count). The second-order valence-corrected chi connectivity index (χ2v) is 9.28. The minimum Gasteiger partial charge on any atom is -0.356 e. The quantitative estimate of drug-likeness (QED) is 0.713. The second kappa shape index (κ2) is 6.31. The normalized spacial score (nSPS) is 11.7. The monoisotopic (exact) mass is 376 g/mol. The van der Waals surface area contributed by atoms with Crippen molar-refractivity contribution >= 4 is 27.0 Å². The highest BCUT2D eigenvalue weighted by Gasteiger charge is 2.28. The van der Waals surface area contributed by atoms with Gasteiger partial charge in [0.25, 0.3) is 10.0 Å². The summed E-state index contributed by atoms with van der Waals surface area (Å²) in [7, 11) is -3.75. The van der Waals surface area contributed by atoms with Crippen LogP contribution in [0.2, 0.25) is 0 Å². The van der Waals surface area contributed by atoms with Gasteiger partial charge < -0.3 is 4.52 Å². The molecule has 0 saturated carbocycles. The van der Waals surface area contributed by atoms with Gasteiger partial charge in [-0.2, -0.15) is 0 Å². The zero-order chi connectivity index (χ0) is 18.4. The molecule has 7 heteroatoms. The molecule has 0 bridgehead atoms. The van der Waals surface area contributed by atoms with E-state index in [0.29, 0.717) is 22.7 Å². The third-order valence-corrected chi connectivity index (χ3v) is 6.52. The first-order chi connectivity index (χ1) is 11.7. The van der Waals surface area contributed by atoms with Crippen molar-refractivity contribution in [2.24, 2.45) is 0 Å². The van der Waals surface area contributed by atoms with Crippen LogP contribution in [0.25, 0.3) is 11.3 Å². The molecule has 0 amide bonds. The number of hydrogen-bond donors (Lipinski definition) is 1. The van der Waals surface area contributed by atoms with Gasteiger partial charge in [0.2, 0.25) is 0 Å². The first-order valence-corrected chi connectivity index (χ1v) is 10.1. The van der Waals surface area contributed by atoms with Crippen LogP contribution in [-0.4, -0.2) is 13.6 Å². The standard InChI is InChI=1S/C18H20N2O3S2/c1-10-6-11(2)8-15(7-10)20-25(21,22)18-14(5)24-13(4)17(18)16-9-12(3)19-23-16/h6-9,20H,1-5H3. The Morgan fingerprint density at radius 1 is 0.960 bits per heavy atom. The van der Waals surface area contributed by atoms with Gasteiger partial charge in [0.05, 0.1) is 11.3 Å². The number of anilines is 1. The minimum atomic E-state index is -3.75. The first-order valence-electron chi connectivity index (χ1n) is 7.82. The van der Waals surface area contributed by atoms with Gasteiger partial charge in [-0.1, -0.05) is 11.2 Å². The maximum absolute atomic E-state index is 13.1. The molecule has 2 heterocycles. The highest BCUT2D eigenvalue weighted by Crippen LogP contribution is 2.39. The number of hydrogen-bond acceptors (Lipinski definition) is 5. The van der Waals surface area contributed by atoms with Crippen molar-refractivity contribution in [1.29, 1.82) is 0 Å². The van der Waals surface area contributed by atoms with Gasteiger partial charge in [-0.05, 0) is 57.9 Å². The van der Waals surface area contributed by atoms with Gasteiger partial charge in [-0.15, -0.1) is 11.3 Å². The van der Waals surface area contributed by atoms with Crippen LogP contribution < -0.4 is 4.72 Å². The van der Waals surface area contributed by atoms with Gasteiger partial charge >= 0.3 is 0 Å². The maximum atomic E-state index is 13.1. The molecule has 5 nitrogen and oxygen atoms in total. The van der Waals surface area contributed by atoms with E-state index in [1.54, 1.807) is 13.0 Å². The molecule has 0 aliphatic heterocycles. The molecule has 132 valence electrons. The van der Waals surface area contributed by atoms with E-state index < -0.39 is 10.0 Å². The largest absolute Gasteiger partial charge is 0.356 e. The predicted molar refractivity (Wildman–Crippen MR) is 101 cm³/mol. The lowest BCUT2D eigenvalue weighted by molar-refractivity contribution is 0.426. The van der Waals surface area contributed by atoms with E-state index in [2.05, 4.69) is 9.88 Å². The van der Waals surface area contributed by atoms with Crippen LogP contribution in [0.3, 0.4) is 0 Å². The van der Waals surface area contributed by atoms with Gasteiger partial charge in [0, 0.05) is 21.5 Å². The van der Waals surface area contributed by atoms with E-state index in [0.717, 1.165) is 20.9 Å². The fourth-order valence-electron chi connectivity index (χ4n) is 2.99. The third-order valence-electron chi connectivity index (χ3n) is 3.82. The lowest BCUT2D eigenvalue weighted by Crippen LogP contribution is -2.14. The minimum absolute atomic E-state index is 0.255. The molecular formula is C18H20N2O3S2. The molecule has 0 atom stereocenters. The summed E-state index contributed by atoms with van der Waals surface area (Å²) in [6.07, 6.45) is 0. The van der Waals surface area contributed by atoms with Crippen LogP contribution in [0.4, 0.5) is 5.69 Å². The lowest BCUT2D eigenvalue weighted by Gasteiger charge is -2.11. The number of nitrogens with one attached hydrogen (secondary N) is 1. The number of aryl methyl sites for hydroxylation is 5. The van der Waals surface area contributed by atoms with Crippen molar-refractivity contribution < 1.29 is 12.9 Å². The van der Waals surface area contributed by atoms with Crippen molar-refractivity contribution in [2.75, 3.05) is 4.72 Å². The molecule has 0 radical (unpaired) electrons. The Morgan fingerprint density at radius 2 is 1.60 bits per heavy atom. The summed E-state index contributed by atoms with van der Waals surface area (Å²) in [6.45, 7) is 9.38. The molecule has 0 aliphatic carbocycles. The molecule has 3 aromatic rings. The second-order valence-electron chi connectivity index (χ2n) is 6.23. The molecule has 2 aromatic heterocycles. The van der Waals surface area contributed by atoms with Crippen LogP contribution in [0.15, 0.2) is 33.7 Å². The smallest absolute Gasteiger partial charge is 0.263 e. The highest BCUT2D eigenvalue weighted by atomic mass is 32.2. The van der Waals surface area contributed by atoms with Gasteiger partial charge in [-0.25, -0.2) is 8.42 Å². The molecule has 0 saturated heterocycles. The van der Waals surface area contributed by atoms with E-state index in [4.69, 9.17) is 4.52 Å². The average molecular weight is 377 g/mol. The third kappa shape index (κ3) is 3.48. The molecular weight excluding hydrogens is 356 g/mol. The van der Waals surface area contributed by atoms with Crippen molar-refractivity contribution in [3.8, 4) is 11.3 Å². The number of rotatable bonds is 4. The Bertz CT molecular complexity index is 1030. The molecule has 25 heavy (non-hydrogen) atoms. The highest BCUT2D eigenvalue weighted by molar-refractivity contribution is 7.93. The van der Waals surface area contributed by atoms with Gasteiger partial charge in [-0.3, -0.25) is 4.72 Å². The zero-order valence-electron chi connectivity index (χ0n) is 14.8. The molecule has 1 N–H and O–H groups in total. The predicted octanol–water partition coefficient (Wildman–Crippen LogP) is 4.75. The summed E-state index contributed by atoms with van der Waals surface area (Å²) in [5.41, 5.74) is 3.85. The van der Waals surface area contributed by atoms with E-state index in [1.807, 2.05) is 45.9 Å². The lowest BCUT2D eigenvalue weighted by atomic mass is 10.1. The fraction of sp³-hybridized carbons (Fsp3) is 0.278.